The minimum absolute atomic E-state index is 0.134. The van der Waals surface area contributed by atoms with E-state index in [1.165, 1.54) is 0 Å². The molecule has 1 amide bonds. The van der Waals surface area contributed by atoms with E-state index in [0.717, 1.165) is 47.1 Å². The first-order chi connectivity index (χ1) is 10.2. The predicted molar refractivity (Wildman–Crippen MR) is 81.5 cm³/mol. The van der Waals surface area contributed by atoms with E-state index in [2.05, 4.69) is 15.5 Å². The number of nitrogens with one attached hydrogen (secondary N) is 2. The van der Waals surface area contributed by atoms with Crippen molar-refractivity contribution >= 4 is 22.5 Å². The molecule has 0 fully saturated rings. The topological polar surface area (TPSA) is 62.7 Å². The number of amides is 1. The number of benzene rings is 1. The van der Waals surface area contributed by atoms with Crippen molar-refractivity contribution in [3.05, 3.63) is 47.4 Å². The normalized spacial score (nSPS) is 13.6. The molecular weight excluding hydrogens is 264 g/mol. The van der Waals surface area contributed by atoms with Gasteiger partial charge in [0, 0.05) is 35.4 Å². The summed E-state index contributed by atoms with van der Waals surface area (Å²) in [6.45, 7) is 0. The smallest absolute Gasteiger partial charge is 0.276 e. The van der Waals surface area contributed by atoms with Gasteiger partial charge in [0.15, 0.2) is 5.69 Å². The molecule has 0 unspecified atom stereocenters. The van der Waals surface area contributed by atoms with Gasteiger partial charge in [-0.2, -0.15) is 5.10 Å². The van der Waals surface area contributed by atoms with Gasteiger partial charge in [-0.1, -0.05) is 6.07 Å². The van der Waals surface area contributed by atoms with Gasteiger partial charge in [0.05, 0.1) is 5.69 Å². The lowest BCUT2D eigenvalue weighted by Crippen LogP contribution is -2.14. The molecule has 5 heteroatoms. The SMILES string of the molecule is Cn1ccc2c(NC(=O)c3n[nH]c4c3CCC4)cccc21. The molecule has 2 heterocycles. The van der Waals surface area contributed by atoms with Crippen molar-refractivity contribution in [1.29, 1.82) is 0 Å². The first-order valence-corrected chi connectivity index (χ1v) is 7.15. The van der Waals surface area contributed by atoms with E-state index in [4.69, 9.17) is 0 Å². The van der Waals surface area contributed by atoms with E-state index in [-0.39, 0.29) is 5.91 Å². The molecule has 21 heavy (non-hydrogen) atoms. The molecule has 0 radical (unpaired) electrons. The first kappa shape index (κ1) is 12.2. The predicted octanol–water partition coefficient (Wildman–Crippen LogP) is 2.64. The van der Waals surface area contributed by atoms with E-state index in [0.29, 0.717) is 5.69 Å². The monoisotopic (exact) mass is 280 g/mol. The van der Waals surface area contributed by atoms with Crippen LogP contribution in [0.5, 0.6) is 0 Å². The molecule has 0 atom stereocenters. The number of aromatic nitrogens is 3. The number of nitrogens with zero attached hydrogens (tertiary/aromatic N) is 2. The number of carbonyl (C=O) groups excluding carboxylic acids is 1. The highest BCUT2D eigenvalue weighted by molar-refractivity contribution is 6.08. The average molecular weight is 280 g/mol. The number of fused-ring (bicyclic) bond motifs is 2. The lowest BCUT2D eigenvalue weighted by atomic mass is 10.1. The Labute approximate surface area is 122 Å². The van der Waals surface area contributed by atoms with E-state index < -0.39 is 0 Å². The van der Waals surface area contributed by atoms with Crippen molar-refractivity contribution in [3.63, 3.8) is 0 Å². The van der Waals surface area contributed by atoms with Crippen LogP contribution >= 0.6 is 0 Å². The van der Waals surface area contributed by atoms with Crippen molar-refractivity contribution in [2.24, 2.45) is 7.05 Å². The van der Waals surface area contributed by atoms with Gasteiger partial charge >= 0.3 is 0 Å². The molecule has 1 aliphatic rings. The lowest BCUT2D eigenvalue weighted by molar-refractivity contribution is 0.102. The van der Waals surface area contributed by atoms with E-state index in [9.17, 15) is 4.79 Å². The molecule has 0 aliphatic heterocycles. The Hall–Kier alpha value is -2.56. The highest BCUT2D eigenvalue weighted by atomic mass is 16.1. The third-order valence-corrected chi connectivity index (χ3v) is 4.20. The van der Waals surface area contributed by atoms with Crippen molar-refractivity contribution in [1.82, 2.24) is 14.8 Å². The molecule has 2 aromatic heterocycles. The zero-order valence-corrected chi connectivity index (χ0v) is 11.8. The summed E-state index contributed by atoms with van der Waals surface area (Å²) in [6, 6.07) is 7.93. The fourth-order valence-electron chi connectivity index (χ4n) is 3.10. The summed E-state index contributed by atoms with van der Waals surface area (Å²) in [5, 5.41) is 11.2. The van der Waals surface area contributed by atoms with Gasteiger partial charge in [-0.15, -0.1) is 0 Å². The minimum atomic E-state index is -0.134. The summed E-state index contributed by atoms with van der Waals surface area (Å²) in [5.74, 6) is -0.134. The van der Waals surface area contributed by atoms with Gasteiger partial charge in [0.25, 0.3) is 5.91 Å². The molecule has 1 aliphatic carbocycles. The molecule has 0 bridgehead atoms. The van der Waals surface area contributed by atoms with Crippen molar-refractivity contribution < 1.29 is 4.79 Å². The van der Waals surface area contributed by atoms with Crippen LogP contribution in [0, 0.1) is 0 Å². The van der Waals surface area contributed by atoms with Crippen molar-refractivity contribution in [3.8, 4) is 0 Å². The van der Waals surface area contributed by atoms with E-state index in [1.54, 1.807) is 0 Å². The molecule has 3 aromatic rings. The van der Waals surface area contributed by atoms with Crippen LogP contribution in [0.4, 0.5) is 5.69 Å². The average Bonchev–Trinajstić information content (AvgIpc) is 3.15. The number of carbonyl (C=O) groups is 1. The fourth-order valence-corrected chi connectivity index (χ4v) is 3.10. The highest BCUT2D eigenvalue weighted by Gasteiger charge is 2.23. The fraction of sp³-hybridized carbons (Fsp3) is 0.250. The Morgan fingerprint density at radius 2 is 2.24 bits per heavy atom. The molecule has 106 valence electrons. The maximum Gasteiger partial charge on any atom is 0.276 e. The maximum atomic E-state index is 12.5. The summed E-state index contributed by atoms with van der Waals surface area (Å²) in [6.07, 6.45) is 5.01. The first-order valence-electron chi connectivity index (χ1n) is 7.15. The van der Waals surface area contributed by atoms with Crippen LogP contribution in [-0.4, -0.2) is 20.7 Å². The van der Waals surface area contributed by atoms with Crippen molar-refractivity contribution in [2.45, 2.75) is 19.3 Å². The summed E-state index contributed by atoms with van der Waals surface area (Å²) < 4.78 is 2.04. The number of hydrogen-bond donors (Lipinski definition) is 2. The largest absolute Gasteiger partial charge is 0.350 e. The van der Waals surface area contributed by atoms with Gasteiger partial charge in [-0.25, -0.2) is 0 Å². The van der Waals surface area contributed by atoms with Gasteiger partial charge in [-0.05, 0) is 37.5 Å². The molecule has 0 saturated heterocycles. The third kappa shape index (κ3) is 1.85. The Morgan fingerprint density at radius 3 is 3.14 bits per heavy atom. The lowest BCUT2D eigenvalue weighted by Gasteiger charge is -2.06. The Balaban J connectivity index is 1.69. The van der Waals surface area contributed by atoms with Crippen LogP contribution in [-0.2, 0) is 19.9 Å². The van der Waals surface area contributed by atoms with Gasteiger partial charge in [-0.3, -0.25) is 9.89 Å². The quantitative estimate of drug-likeness (QED) is 0.758. The summed E-state index contributed by atoms with van der Waals surface area (Å²) >= 11 is 0. The molecule has 4 rings (SSSR count). The van der Waals surface area contributed by atoms with Crippen LogP contribution in [0.2, 0.25) is 0 Å². The van der Waals surface area contributed by atoms with Gasteiger partial charge < -0.3 is 9.88 Å². The number of aromatic amines is 1. The van der Waals surface area contributed by atoms with Crippen LogP contribution in [0.3, 0.4) is 0 Å². The molecule has 2 N–H and O–H groups in total. The molecule has 5 nitrogen and oxygen atoms in total. The molecule has 1 aromatic carbocycles. The summed E-state index contributed by atoms with van der Waals surface area (Å²) in [5.41, 5.74) is 4.65. The number of hydrogen-bond acceptors (Lipinski definition) is 2. The number of anilines is 1. The second-order valence-electron chi connectivity index (χ2n) is 5.50. The number of aryl methyl sites for hydroxylation is 2. The molecule has 0 saturated carbocycles. The van der Waals surface area contributed by atoms with Crippen LogP contribution in [0.15, 0.2) is 30.5 Å². The Kier molecular flexibility index (Phi) is 2.60. The van der Waals surface area contributed by atoms with Crippen LogP contribution < -0.4 is 5.32 Å². The van der Waals surface area contributed by atoms with Crippen LogP contribution in [0.25, 0.3) is 10.9 Å². The van der Waals surface area contributed by atoms with E-state index >= 15 is 0 Å². The molecule has 0 spiro atoms. The zero-order valence-electron chi connectivity index (χ0n) is 11.8. The number of rotatable bonds is 2. The maximum absolute atomic E-state index is 12.5. The van der Waals surface area contributed by atoms with E-state index in [1.807, 2.05) is 42.1 Å². The van der Waals surface area contributed by atoms with Gasteiger partial charge in [0.1, 0.15) is 0 Å². The minimum Gasteiger partial charge on any atom is -0.350 e. The number of H-pyrrole nitrogens is 1. The standard InChI is InChI=1S/C16H16N4O/c1-20-9-8-10-12(5-3-7-14(10)20)17-16(21)15-11-4-2-6-13(11)18-19-15/h3,5,7-9H,2,4,6H2,1H3,(H,17,21)(H,18,19). The molecular formula is C16H16N4O. The van der Waals surface area contributed by atoms with Crippen molar-refractivity contribution in [2.75, 3.05) is 5.32 Å². The third-order valence-electron chi connectivity index (χ3n) is 4.20. The Morgan fingerprint density at radius 1 is 1.33 bits per heavy atom. The summed E-state index contributed by atoms with van der Waals surface area (Å²) in [4.78, 5) is 12.5. The second-order valence-corrected chi connectivity index (χ2v) is 5.50. The van der Waals surface area contributed by atoms with Gasteiger partial charge in [0.2, 0.25) is 0 Å². The zero-order chi connectivity index (χ0) is 14.4. The summed E-state index contributed by atoms with van der Waals surface area (Å²) in [7, 11) is 1.99. The second kappa shape index (κ2) is 4.48. The van der Waals surface area contributed by atoms with Crippen LogP contribution in [0.1, 0.15) is 28.2 Å². The highest BCUT2D eigenvalue weighted by Crippen LogP contribution is 2.26. The Bertz CT molecular complexity index is 843.